The van der Waals surface area contributed by atoms with Crippen molar-refractivity contribution in [3.05, 3.63) is 39.0 Å². The van der Waals surface area contributed by atoms with Gasteiger partial charge < -0.3 is 4.74 Å². The summed E-state index contributed by atoms with van der Waals surface area (Å²) in [7, 11) is 0. The predicted molar refractivity (Wildman–Crippen MR) is 79.8 cm³/mol. The van der Waals surface area contributed by atoms with Gasteiger partial charge in [0.15, 0.2) is 0 Å². The molecule has 0 aliphatic heterocycles. The van der Waals surface area contributed by atoms with Crippen LogP contribution in [0.2, 0.25) is 5.02 Å². The Morgan fingerprint density at radius 1 is 1.42 bits per heavy atom. The van der Waals surface area contributed by atoms with E-state index in [-0.39, 0.29) is 0 Å². The molecule has 1 heterocycles. The Balaban J connectivity index is 2.66. The highest BCUT2D eigenvalue weighted by atomic mass is 79.9. The number of ether oxygens (including phenoxy) is 1. The number of hydrogen-bond acceptors (Lipinski definition) is 3. The summed E-state index contributed by atoms with van der Waals surface area (Å²) in [6.07, 6.45) is 2.34. The molecular formula is C14H13BrClNO2. The van der Waals surface area contributed by atoms with Gasteiger partial charge in [-0.3, -0.25) is 4.98 Å². The minimum Gasteiger partial charge on any atom is -0.462 e. The third-order valence-corrected chi connectivity index (χ3v) is 3.83. The van der Waals surface area contributed by atoms with E-state index in [1.54, 1.807) is 6.92 Å². The second kappa shape index (κ2) is 5.88. The topological polar surface area (TPSA) is 39.2 Å². The minimum atomic E-state index is -0.445. The number of esters is 1. The average Bonchev–Trinajstić information content (AvgIpc) is 2.39. The lowest BCUT2D eigenvalue weighted by Gasteiger charge is -2.09. The molecular weight excluding hydrogens is 330 g/mol. The van der Waals surface area contributed by atoms with Gasteiger partial charge in [0.2, 0.25) is 0 Å². The molecule has 0 aliphatic carbocycles. The van der Waals surface area contributed by atoms with Gasteiger partial charge in [0.05, 0.1) is 22.7 Å². The normalized spacial score (nSPS) is 10.7. The van der Waals surface area contributed by atoms with Crippen LogP contribution in [0.4, 0.5) is 0 Å². The molecule has 5 heteroatoms. The van der Waals surface area contributed by atoms with Gasteiger partial charge in [-0.15, -0.1) is 0 Å². The summed E-state index contributed by atoms with van der Waals surface area (Å²) >= 11 is 9.79. The summed E-state index contributed by atoms with van der Waals surface area (Å²) in [4.78, 5) is 16.1. The number of carbonyl (C=O) groups excluding carboxylic acids is 1. The SMILES string of the molecule is CCOC(=O)c1cnc2c(Br)cc(CC)cc2c1Cl. The zero-order valence-corrected chi connectivity index (χ0v) is 13.0. The zero-order chi connectivity index (χ0) is 14.0. The van der Waals surface area contributed by atoms with Gasteiger partial charge in [-0.2, -0.15) is 0 Å². The number of rotatable bonds is 3. The van der Waals surface area contributed by atoms with Crippen molar-refractivity contribution in [1.82, 2.24) is 4.98 Å². The van der Waals surface area contributed by atoms with Crippen LogP contribution in [0.25, 0.3) is 10.9 Å². The van der Waals surface area contributed by atoms with E-state index in [1.165, 1.54) is 6.20 Å². The number of fused-ring (bicyclic) bond motifs is 1. The summed E-state index contributed by atoms with van der Waals surface area (Å²) in [5.41, 5.74) is 2.18. The van der Waals surface area contributed by atoms with Crippen LogP contribution < -0.4 is 0 Å². The standard InChI is InChI=1S/C14H13BrClNO2/c1-3-8-5-9-12(16)10(14(18)19-4-2)7-17-13(9)11(15)6-8/h5-7H,3-4H2,1-2H3. The van der Waals surface area contributed by atoms with E-state index in [1.807, 2.05) is 12.1 Å². The molecule has 0 fully saturated rings. The molecule has 0 spiro atoms. The quantitative estimate of drug-likeness (QED) is 0.777. The number of carbonyl (C=O) groups is 1. The van der Waals surface area contributed by atoms with E-state index in [0.29, 0.717) is 17.2 Å². The molecule has 2 rings (SSSR count). The summed E-state index contributed by atoms with van der Waals surface area (Å²) < 4.78 is 5.84. The number of aryl methyl sites for hydroxylation is 1. The third kappa shape index (κ3) is 2.74. The molecule has 3 nitrogen and oxygen atoms in total. The number of benzene rings is 1. The van der Waals surface area contributed by atoms with E-state index >= 15 is 0 Å². The first-order valence-electron chi connectivity index (χ1n) is 6.02. The molecule has 0 saturated carbocycles. The van der Waals surface area contributed by atoms with Crippen LogP contribution in [0.5, 0.6) is 0 Å². The van der Waals surface area contributed by atoms with Crippen molar-refractivity contribution in [2.45, 2.75) is 20.3 Å². The van der Waals surface area contributed by atoms with E-state index in [4.69, 9.17) is 16.3 Å². The zero-order valence-electron chi connectivity index (χ0n) is 10.7. The van der Waals surface area contributed by atoms with E-state index in [2.05, 4.69) is 27.8 Å². The van der Waals surface area contributed by atoms with Crippen molar-refractivity contribution in [3.8, 4) is 0 Å². The summed E-state index contributed by atoms with van der Waals surface area (Å²) in [5, 5.41) is 1.15. The molecule has 0 unspecified atom stereocenters. The number of nitrogens with zero attached hydrogens (tertiary/aromatic N) is 1. The second-order valence-corrected chi connectivity index (χ2v) is 5.27. The van der Waals surface area contributed by atoms with Crippen molar-refractivity contribution in [2.75, 3.05) is 6.61 Å². The second-order valence-electron chi connectivity index (χ2n) is 4.03. The molecule has 1 aromatic heterocycles. The largest absolute Gasteiger partial charge is 0.462 e. The number of aromatic nitrogens is 1. The lowest BCUT2D eigenvalue weighted by Crippen LogP contribution is -2.06. The smallest absolute Gasteiger partial charge is 0.341 e. The maximum atomic E-state index is 11.8. The molecule has 0 radical (unpaired) electrons. The lowest BCUT2D eigenvalue weighted by molar-refractivity contribution is 0.0526. The first-order chi connectivity index (χ1) is 9.08. The molecule has 0 amide bonds. The minimum absolute atomic E-state index is 0.302. The monoisotopic (exact) mass is 341 g/mol. The first kappa shape index (κ1) is 14.3. The Labute approximate surface area is 125 Å². The van der Waals surface area contributed by atoms with Crippen LogP contribution in [0.3, 0.4) is 0 Å². The Morgan fingerprint density at radius 3 is 2.79 bits per heavy atom. The van der Waals surface area contributed by atoms with Crippen LogP contribution in [0, 0.1) is 0 Å². The fourth-order valence-electron chi connectivity index (χ4n) is 1.84. The van der Waals surface area contributed by atoms with Crippen molar-refractivity contribution < 1.29 is 9.53 Å². The fourth-order valence-corrected chi connectivity index (χ4v) is 2.72. The van der Waals surface area contributed by atoms with Gasteiger partial charge in [0, 0.05) is 16.1 Å². The van der Waals surface area contributed by atoms with Gasteiger partial charge in [-0.05, 0) is 47.0 Å². The van der Waals surface area contributed by atoms with E-state index in [0.717, 1.165) is 27.4 Å². The fraction of sp³-hybridized carbons (Fsp3) is 0.286. The van der Waals surface area contributed by atoms with Gasteiger partial charge in [0.25, 0.3) is 0 Å². The number of halogens is 2. The highest BCUT2D eigenvalue weighted by Gasteiger charge is 2.16. The maximum Gasteiger partial charge on any atom is 0.341 e. The molecule has 0 N–H and O–H groups in total. The van der Waals surface area contributed by atoms with Gasteiger partial charge in [0.1, 0.15) is 0 Å². The van der Waals surface area contributed by atoms with Crippen LogP contribution >= 0.6 is 27.5 Å². The van der Waals surface area contributed by atoms with E-state index < -0.39 is 5.97 Å². The maximum absolute atomic E-state index is 11.8. The van der Waals surface area contributed by atoms with Crippen LogP contribution in [0.1, 0.15) is 29.8 Å². The highest BCUT2D eigenvalue weighted by Crippen LogP contribution is 2.32. The molecule has 0 atom stereocenters. The van der Waals surface area contributed by atoms with Crippen molar-refractivity contribution in [2.24, 2.45) is 0 Å². The Kier molecular flexibility index (Phi) is 4.42. The molecule has 0 bridgehead atoms. The number of hydrogen-bond donors (Lipinski definition) is 0. The lowest BCUT2D eigenvalue weighted by atomic mass is 10.1. The van der Waals surface area contributed by atoms with Crippen LogP contribution in [-0.4, -0.2) is 17.6 Å². The number of pyridine rings is 1. The van der Waals surface area contributed by atoms with E-state index in [9.17, 15) is 4.79 Å². The van der Waals surface area contributed by atoms with Crippen molar-refractivity contribution >= 4 is 44.4 Å². The highest BCUT2D eigenvalue weighted by molar-refractivity contribution is 9.10. The predicted octanol–water partition coefficient (Wildman–Crippen LogP) is 4.39. The molecule has 100 valence electrons. The van der Waals surface area contributed by atoms with Crippen molar-refractivity contribution in [1.29, 1.82) is 0 Å². The molecule has 0 aliphatic rings. The summed E-state index contributed by atoms with van der Waals surface area (Å²) in [6.45, 7) is 4.13. The Hall–Kier alpha value is -1.13. The van der Waals surface area contributed by atoms with Crippen LogP contribution in [0.15, 0.2) is 22.8 Å². The summed E-state index contributed by atoms with van der Waals surface area (Å²) in [6, 6.07) is 3.97. The van der Waals surface area contributed by atoms with Crippen LogP contribution in [-0.2, 0) is 11.2 Å². The third-order valence-electron chi connectivity index (χ3n) is 2.82. The molecule has 19 heavy (non-hydrogen) atoms. The van der Waals surface area contributed by atoms with Gasteiger partial charge in [-0.25, -0.2) is 4.79 Å². The molecule has 1 aromatic carbocycles. The molecule has 2 aromatic rings. The molecule has 0 saturated heterocycles. The van der Waals surface area contributed by atoms with Crippen molar-refractivity contribution in [3.63, 3.8) is 0 Å². The first-order valence-corrected chi connectivity index (χ1v) is 7.19. The average molecular weight is 343 g/mol. The van der Waals surface area contributed by atoms with Gasteiger partial charge >= 0.3 is 5.97 Å². The Bertz CT molecular complexity index is 643. The Morgan fingerprint density at radius 2 is 2.16 bits per heavy atom. The summed E-state index contributed by atoms with van der Waals surface area (Å²) in [5.74, 6) is -0.445. The van der Waals surface area contributed by atoms with Gasteiger partial charge in [-0.1, -0.05) is 18.5 Å².